The van der Waals surface area contributed by atoms with Gasteiger partial charge in [0.1, 0.15) is 6.10 Å². The average molecular weight is 378 g/mol. The Hall–Kier alpha value is -3.22. The molecule has 0 aliphatic carbocycles. The van der Waals surface area contributed by atoms with Gasteiger partial charge in [-0.2, -0.15) is 0 Å². The molecule has 3 aromatic rings. The molecule has 1 amide bonds. The number of aromatic nitrogens is 3. The van der Waals surface area contributed by atoms with Crippen molar-refractivity contribution in [3.8, 4) is 6.01 Å². The second kappa shape index (κ2) is 7.80. The highest BCUT2D eigenvalue weighted by Gasteiger charge is 2.30. The van der Waals surface area contributed by atoms with Gasteiger partial charge in [-0.25, -0.2) is 9.97 Å². The number of likely N-dealkylation sites (tertiary alicyclic amines) is 1. The molecule has 1 aliphatic heterocycles. The molecule has 7 nitrogen and oxygen atoms in total. The zero-order valence-electron chi connectivity index (χ0n) is 15.7. The van der Waals surface area contributed by atoms with E-state index in [4.69, 9.17) is 4.74 Å². The number of amides is 1. The number of ether oxygens (including phenoxy) is 1. The van der Waals surface area contributed by atoms with E-state index in [9.17, 15) is 9.59 Å². The van der Waals surface area contributed by atoms with Gasteiger partial charge in [-0.05, 0) is 30.9 Å². The van der Waals surface area contributed by atoms with Crippen molar-refractivity contribution in [3.05, 3.63) is 54.0 Å². The van der Waals surface area contributed by atoms with E-state index in [1.165, 1.54) is 0 Å². The summed E-state index contributed by atoms with van der Waals surface area (Å²) in [5.74, 6) is -0.998. The Morgan fingerprint density at radius 2 is 2.04 bits per heavy atom. The van der Waals surface area contributed by atoms with Crippen LogP contribution in [0.3, 0.4) is 0 Å². The highest BCUT2D eigenvalue weighted by molar-refractivity contribution is 6.44. The maximum atomic E-state index is 12.8. The van der Waals surface area contributed by atoms with Crippen LogP contribution in [0.5, 0.6) is 6.01 Å². The smallest absolute Gasteiger partial charge is 0.316 e. The number of aromatic amines is 1. The molecular formula is C21H22N4O3. The molecule has 1 fully saturated rings. The fourth-order valence-electron chi connectivity index (χ4n) is 3.47. The number of ketones is 1. The molecule has 7 heteroatoms. The van der Waals surface area contributed by atoms with E-state index in [2.05, 4.69) is 15.0 Å². The second-order valence-electron chi connectivity index (χ2n) is 6.94. The third kappa shape index (κ3) is 3.60. The Kier molecular flexibility index (Phi) is 5.06. The lowest BCUT2D eigenvalue weighted by Gasteiger charge is -2.31. The van der Waals surface area contributed by atoms with E-state index >= 15 is 0 Å². The number of piperidine rings is 1. The van der Waals surface area contributed by atoms with Gasteiger partial charge in [-0.1, -0.05) is 25.1 Å². The number of H-pyrrole nitrogens is 1. The zero-order chi connectivity index (χ0) is 19.5. The van der Waals surface area contributed by atoms with Gasteiger partial charge >= 0.3 is 6.01 Å². The van der Waals surface area contributed by atoms with Gasteiger partial charge in [-0.15, -0.1) is 0 Å². The molecule has 1 unspecified atom stereocenters. The summed E-state index contributed by atoms with van der Waals surface area (Å²) in [6, 6.07) is 7.76. The molecular weight excluding hydrogens is 356 g/mol. The van der Waals surface area contributed by atoms with Gasteiger partial charge in [0.05, 0.1) is 12.1 Å². The van der Waals surface area contributed by atoms with Crippen LogP contribution in [-0.4, -0.2) is 50.7 Å². The van der Waals surface area contributed by atoms with E-state index in [0.717, 1.165) is 35.7 Å². The Morgan fingerprint density at radius 3 is 2.82 bits per heavy atom. The standard InChI is InChI=1S/C21H22N4O3/c1-2-14-10-23-21(24-11-14)28-15-6-5-9-25(13-15)20(27)19(26)17-12-22-18-8-4-3-7-16(17)18/h3-4,7-8,10-12,15,22H,2,5-6,9,13H2,1H3. The fourth-order valence-corrected chi connectivity index (χ4v) is 3.47. The van der Waals surface area contributed by atoms with Crippen molar-refractivity contribution in [2.24, 2.45) is 0 Å². The molecule has 0 radical (unpaired) electrons. The summed E-state index contributed by atoms with van der Waals surface area (Å²) >= 11 is 0. The number of nitrogens with one attached hydrogen (secondary N) is 1. The lowest BCUT2D eigenvalue weighted by molar-refractivity contribution is -0.129. The first-order chi connectivity index (χ1) is 13.7. The summed E-state index contributed by atoms with van der Waals surface area (Å²) in [5, 5.41) is 0.759. The number of carbonyl (C=O) groups excluding carboxylic acids is 2. The third-order valence-corrected chi connectivity index (χ3v) is 5.06. The maximum Gasteiger partial charge on any atom is 0.316 e. The zero-order valence-corrected chi connectivity index (χ0v) is 15.7. The van der Waals surface area contributed by atoms with Crippen molar-refractivity contribution in [2.45, 2.75) is 32.3 Å². The number of hydrogen-bond acceptors (Lipinski definition) is 5. The lowest BCUT2D eigenvalue weighted by atomic mass is 10.0. The number of fused-ring (bicyclic) bond motifs is 1. The molecule has 1 aliphatic rings. The normalized spacial score (nSPS) is 16.9. The molecule has 1 saturated heterocycles. The fraction of sp³-hybridized carbons (Fsp3) is 0.333. The number of nitrogens with zero attached hydrogens (tertiary/aromatic N) is 3. The van der Waals surface area contributed by atoms with E-state index in [0.29, 0.717) is 24.7 Å². The van der Waals surface area contributed by atoms with Gasteiger partial charge in [-0.3, -0.25) is 9.59 Å². The number of aryl methyl sites for hydroxylation is 1. The van der Waals surface area contributed by atoms with Crippen LogP contribution in [0.1, 0.15) is 35.7 Å². The Labute approximate surface area is 162 Å². The van der Waals surface area contributed by atoms with Crippen LogP contribution in [0.2, 0.25) is 0 Å². The summed E-state index contributed by atoms with van der Waals surface area (Å²) in [7, 11) is 0. The summed E-state index contributed by atoms with van der Waals surface area (Å²) in [6.45, 7) is 2.93. The van der Waals surface area contributed by atoms with Crippen molar-refractivity contribution in [2.75, 3.05) is 13.1 Å². The van der Waals surface area contributed by atoms with E-state index < -0.39 is 11.7 Å². The van der Waals surface area contributed by atoms with Crippen LogP contribution >= 0.6 is 0 Å². The Balaban J connectivity index is 1.44. The van der Waals surface area contributed by atoms with Crippen LogP contribution in [0.4, 0.5) is 0 Å². The third-order valence-electron chi connectivity index (χ3n) is 5.06. The molecule has 1 atom stereocenters. The molecule has 0 bridgehead atoms. The topological polar surface area (TPSA) is 88.2 Å². The predicted octanol–water partition coefficient (Wildman–Crippen LogP) is 2.77. The quantitative estimate of drug-likeness (QED) is 0.545. The minimum atomic E-state index is -0.500. The molecule has 0 saturated carbocycles. The Morgan fingerprint density at radius 1 is 1.25 bits per heavy atom. The van der Waals surface area contributed by atoms with Gasteiger partial charge in [0.15, 0.2) is 0 Å². The molecule has 1 aromatic carbocycles. The number of Topliss-reactive ketones (excluding diaryl/α,β-unsaturated/α-hetero) is 1. The van der Waals surface area contributed by atoms with Crippen LogP contribution in [0.15, 0.2) is 42.9 Å². The Bertz CT molecular complexity index is 996. The number of rotatable bonds is 5. The summed E-state index contributed by atoms with van der Waals surface area (Å²) in [5.41, 5.74) is 2.28. The van der Waals surface area contributed by atoms with Gasteiger partial charge in [0.25, 0.3) is 11.7 Å². The molecule has 4 rings (SSSR count). The van der Waals surface area contributed by atoms with E-state index in [1.54, 1.807) is 23.5 Å². The first kappa shape index (κ1) is 18.2. The summed E-state index contributed by atoms with van der Waals surface area (Å²) < 4.78 is 5.84. The van der Waals surface area contributed by atoms with Crippen molar-refractivity contribution in [3.63, 3.8) is 0 Å². The number of benzene rings is 1. The van der Waals surface area contributed by atoms with Crippen molar-refractivity contribution >= 4 is 22.6 Å². The molecule has 0 spiro atoms. The van der Waals surface area contributed by atoms with E-state index in [-0.39, 0.29) is 6.10 Å². The predicted molar refractivity (Wildman–Crippen MR) is 104 cm³/mol. The monoisotopic (exact) mass is 378 g/mol. The average Bonchev–Trinajstić information content (AvgIpc) is 3.17. The first-order valence-corrected chi connectivity index (χ1v) is 9.53. The van der Waals surface area contributed by atoms with Crippen molar-refractivity contribution in [1.82, 2.24) is 19.9 Å². The largest absolute Gasteiger partial charge is 0.458 e. The molecule has 3 heterocycles. The molecule has 1 N–H and O–H groups in total. The lowest BCUT2D eigenvalue weighted by Crippen LogP contribution is -2.47. The summed E-state index contributed by atoms with van der Waals surface area (Å²) in [6.07, 6.45) is 7.30. The minimum absolute atomic E-state index is 0.221. The summed E-state index contributed by atoms with van der Waals surface area (Å²) in [4.78, 5) is 38.6. The van der Waals surface area contributed by atoms with Gasteiger partial charge < -0.3 is 14.6 Å². The van der Waals surface area contributed by atoms with Crippen LogP contribution < -0.4 is 4.74 Å². The van der Waals surface area contributed by atoms with Crippen LogP contribution in [0, 0.1) is 0 Å². The van der Waals surface area contributed by atoms with E-state index in [1.807, 2.05) is 31.2 Å². The van der Waals surface area contributed by atoms with Crippen LogP contribution in [-0.2, 0) is 11.2 Å². The number of para-hydroxylation sites is 1. The molecule has 144 valence electrons. The van der Waals surface area contributed by atoms with Crippen molar-refractivity contribution in [1.29, 1.82) is 0 Å². The minimum Gasteiger partial charge on any atom is -0.458 e. The molecule has 2 aromatic heterocycles. The van der Waals surface area contributed by atoms with Crippen LogP contribution in [0.25, 0.3) is 10.9 Å². The highest BCUT2D eigenvalue weighted by Crippen LogP contribution is 2.21. The van der Waals surface area contributed by atoms with Crippen molar-refractivity contribution < 1.29 is 14.3 Å². The number of hydrogen-bond donors (Lipinski definition) is 1. The van der Waals surface area contributed by atoms with Gasteiger partial charge in [0.2, 0.25) is 0 Å². The second-order valence-corrected chi connectivity index (χ2v) is 6.94. The highest BCUT2D eigenvalue weighted by atomic mass is 16.5. The van der Waals surface area contributed by atoms with Gasteiger partial charge in [0, 0.05) is 36.0 Å². The maximum absolute atomic E-state index is 12.8. The SMILES string of the molecule is CCc1cnc(OC2CCCN(C(=O)C(=O)c3c[nH]c4ccccc34)C2)nc1. The molecule has 28 heavy (non-hydrogen) atoms. The first-order valence-electron chi connectivity index (χ1n) is 9.53. The number of carbonyl (C=O) groups is 2.